The van der Waals surface area contributed by atoms with Gasteiger partial charge in [-0.3, -0.25) is 15.1 Å². The maximum absolute atomic E-state index is 13.4. The summed E-state index contributed by atoms with van der Waals surface area (Å²) in [4.78, 5) is 49.7. The molecule has 214 valence electrons. The van der Waals surface area contributed by atoms with Crippen molar-refractivity contribution in [2.45, 2.75) is 45.3 Å². The van der Waals surface area contributed by atoms with Gasteiger partial charge in [-0.15, -0.1) is 11.3 Å². The molecule has 14 heteroatoms. The van der Waals surface area contributed by atoms with E-state index in [0.29, 0.717) is 18.0 Å². The third kappa shape index (κ3) is 5.64. The molecule has 5 rings (SSSR count). The molecule has 0 saturated heterocycles. The van der Waals surface area contributed by atoms with Gasteiger partial charge in [0.05, 0.1) is 22.8 Å². The second-order valence-electron chi connectivity index (χ2n) is 9.66. The minimum Gasteiger partial charge on any atom is -0.477 e. The number of nitrogens with one attached hydrogen (secondary N) is 2. The highest BCUT2D eigenvalue weighted by Gasteiger charge is 2.39. The van der Waals surface area contributed by atoms with Crippen LogP contribution in [0, 0.1) is 5.92 Å². The van der Waals surface area contributed by atoms with E-state index in [0.717, 1.165) is 36.0 Å². The predicted molar refractivity (Wildman–Crippen MR) is 147 cm³/mol. The van der Waals surface area contributed by atoms with Crippen LogP contribution in [0.15, 0.2) is 40.9 Å². The number of anilines is 1. The van der Waals surface area contributed by atoms with E-state index in [2.05, 4.69) is 32.5 Å². The molecule has 41 heavy (non-hydrogen) atoms. The van der Waals surface area contributed by atoms with Crippen molar-refractivity contribution in [3.8, 4) is 21.8 Å². The zero-order chi connectivity index (χ0) is 29.5. The van der Waals surface area contributed by atoms with Gasteiger partial charge in [-0.05, 0) is 37.8 Å². The lowest BCUT2D eigenvalue weighted by molar-refractivity contribution is -0.140. The van der Waals surface area contributed by atoms with Gasteiger partial charge >= 0.3 is 18.2 Å². The van der Waals surface area contributed by atoms with Crippen LogP contribution in [0.5, 0.6) is 0 Å². The van der Waals surface area contributed by atoms with E-state index < -0.39 is 29.3 Å². The molecule has 4 aromatic heterocycles. The number of thiazole rings is 1. The molecule has 2 atom stereocenters. The van der Waals surface area contributed by atoms with Crippen LogP contribution in [-0.2, 0) is 6.18 Å². The largest absolute Gasteiger partial charge is 0.477 e. The second-order valence-corrected chi connectivity index (χ2v) is 10.5. The minimum absolute atomic E-state index is 0.00680. The molecule has 0 bridgehead atoms. The van der Waals surface area contributed by atoms with E-state index in [9.17, 15) is 32.7 Å². The third-order valence-electron chi connectivity index (χ3n) is 6.83. The normalized spacial score (nSPS) is 16.5. The average molecular weight is 587 g/mol. The molecule has 3 N–H and O–H groups in total. The lowest BCUT2D eigenvalue weighted by Crippen LogP contribution is -2.28. The van der Waals surface area contributed by atoms with Gasteiger partial charge in [-0.1, -0.05) is 13.3 Å². The number of carboxylic acid groups (broad SMARTS) is 1. The first-order chi connectivity index (χ1) is 19.5. The van der Waals surface area contributed by atoms with Crippen LogP contribution in [0.1, 0.15) is 55.2 Å². The number of carbonyl (C=O) groups excluding carboxylic acids is 1. The zero-order valence-corrected chi connectivity index (χ0v) is 22.8. The first-order valence-corrected chi connectivity index (χ1v) is 13.8. The van der Waals surface area contributed by atoms with Crippen molar-refractivity contribution >= 4 is 40.1 Å². The standard InChI is InChI=1S/C27H25F3N6O4S/c1-3-5-13-6-19(13)36-11-17(25(38)39)23(37)15-7-18(32-10-20(15)36)16-9-33-22(35-26(40)31-4-2)8-14(16)24-34-21(12-41-24)27(28,29)30/h7-13,19H,3-6H2,1-2H3,(H,38,39)(H2,31,33,35,40). The maximum Gasteiger partial charge on any atom is 0.434 e. The third-order valence-corrected chi connectivity index (χ3v) is 7.71. The van der Waals surface area contributed by atoms with Gasteiger partial charge < -0.3 is 15.0 Å². The predicted octanol–water partition coefficient (Wildman–Crippen LogP) is 5.80. The molecule has 0 radical (unpaired) electrons. The second kappa shape index (κ2) is 10.9. The number of halogens is 3. The highest BCUT2D eigenvalue weighted by atomic mass is 32.1. The van der Waals surface area contributed by atoms with E-state index >= 15 is 0 Å². The Morgan fingerprint density at radius 1 is 1.17 bits per heavy atom. The number of carboxylic acids is 1. The first kappa shape index (κ1) is 28.2. The molecular weight excluding hydrogens is 561 g/mol. The van der Waals surface area contributed by atoms with Crippen molar-refractivity contribution in [3.05, 3.63) is 57.6 Å². The number of aromatic nitrogens is 4. The van der Waals surface area contributed by atoms with Gasteiger partial charge in [-0.2, -0.15) is 13.2 Å². The molecule has 1 fully saturated rings. The fourth-order valence-electron chi connectivity index (χ4n) is 4.83. The quantitative estimate of drug-likeness (QED) is 0.237. The van der Waals surface area contributed by atoms with E-state index in [-0.39, 0.29) is 44.6 Å². The van der Waals surface area contributed by atoms with Gasteiger partial charge in [0.15, 0.2) is 5.69 Å². The maximum atomic E-state index is 13.4. The highest BCUT2D eigenvalue weighted by molar-refractivity contribution is 7.13. The van der Waals surface area contributed by atoms with E-state index in [4.69, 9.17) is 0 Å². The van der Waals surface area contributed by atoms with Crippen molar-refractivity contribution in [2.24, 2.45) is 5.92 Å². The van der Waals surface area contributed by atoms with Gasteiger partial charge in [0.2, 0.25) is 5.43 Å². The van der Waals surface area contributed by atoms with Crippen molar-refractivity contribution in [1.29, 1.82) is 0 Å². The SMILES string of the molecule is CCCC1CC1n1cc(C(=O)O)c(=O)c2cc(-c3cnc(NC(=O)NCC)cc3-c3nc(C(F)(F)F)cs3)ncc21. The molecule has 4 heterocycles. The Kier molecular flexibility index (Phi) is 7.51. The minimum atomic E-state index is -4.66. The van der Waals surface area contributed by atoms with Gasteiger partial charge in [-0.25, -0.2) is 19.6 Å². The van der Waals surface area contributed by atoms with Crippen molar-refractivity contribution in [2.75, 3.05) is 11.9 Å². The topological polar surface area (TPSA) is 139 Å². The summed E-state index contributed by atoms with van der Waals surface area (Å²) in [5.41, 5.74) is -1.07. The van der Waals surface area contributed by atoms with Gasteiger partial charge in [0.1, 0.15) is 16.4 Å². The summed E-state index contributed by atoms with van der Waals surface area (Å²) in [5.74, 6) is -0.937. The number of hydrogen-bond acceptors (Lipinski definition) is 7. The number of rotatable bonds is 8. The van der Waals surface area contributed by atoms with E-state index in [1.165, 1.54) is 30.7 Å². The highest BCUT2D eigenvalue weighted by Crippen LogP contribution is 2.47. The number of amides is 2. The van der Waals surface area contributed by atoms with Crippen LogP contribution in [0.3, 0.4) is 0 Å². The Bertz CT molecular complexity index is 1720. The molecule has 2 amide bonds. The fraction of sp³-hybridized carbons (Fsp3) is 0.333. The number of aromatic carboxylic acids is 1. The molecule has 4 aromatic rings. The molecule has 10 nitrogen and oxygen atoms in total. The first-order valence-electron chi connectivity index (χ1n) is 12.9. The molecule has 1 aliphatic carbocycles. The van der Waals surface area contributed by atoms with Crippen LogP contribution in [0.4, 0.5) is 23.8 Å². The molecule has 0 spiro atoms. The smallest absolute Gasteiger partial charge is 0.434 e. The van der Waals surface area contributed by atoms with Crippen LogP contribution >= 0.6 is 11.3 Å². The van der Waals surface area contributed by atoms with Gasteiger partial charge in [0, 0.05) is 41.5 Å². The average Bonchev–Trinajstić information content (AvgIpc) is 3.48. The molecule has 0 aromatic carbocycles. The number of hydrogen-bond donors (Lipinski definition) is 3. The van der Waals surface area contributed by atoms with Crippen LogP contribution in [0.2, 0.25) is 0 Å². The Hall–Kier alpha value is -4.33. The number of fused-ring (bicyclic) bond motifs is 1. The van der Waals surface area contributed by atoms with E-state index in [1.54, 1.807) is 11.5 Å². The number of nitrogens with zero attached hydrogens (tertiary/aromatic N) is 4. The summed E-state index contributed by atoms with van der Waals surface area (Å²) in [7, 11) is 0. The van der Waals surface area contributed by atoms with Gasteiger partial charge in [0.25, 0.3) is 0 Å². The molecule has 0 aliphatic heterocycles. The number of carbonyl (C=O) groups is 2. The van der Waals surface area contributed by atoms with E-state index in [1.807, 2.05) is 0 Å². The summed E-state index contributed by atoms with van der Waals surface area (Å²) in [6.45, 7) is 4.13. The van der Waals surface area contributed by atoms with Crippen molar-refractivity contribution < 1.29 is 27.9 Å². The lowest BCUT2D eigenvalue weighted by atomic mass is 10.0. The molecular formula is C27H25F3N6O4S. The Morgan fingerprint density at radius 3 is 2.61 bits per heavy atom. The van der Waals surface area contributed by atoms with Crippen LogP contribution in [0.25, 0.3) is 32.7 Å². The van der Waals surface area contributed by atoms with Crippen LogP contribution < -0.4 is 16.1 Å². The zero-order valence-electron chi connectivity index (χ0n) is 22.0. The Labute approximate surface area is 235 Å². The molecule has 1 aliphatic rings. The summed E-state index contributed by atoms with van der Waals surface area (Å²) in [5, 5.41) is 15.8. The summed E-state index contributed by atoms with van der Waals surface area (Å²) in [6, 6.07) is 2.28. The summed E-state index contributed by atoms with van der Waals surface area (Å²) >= 11 is 0.750. The van der Waals surface area contributed by atoms with Crippen molar-refractivity contribution in [1.82, 2.24) is 24.8 Å². The Morgan fingerprint density at radius 2 is 1.95 bits per heavy atom. The Balaban J connectivity index is 1.67. The van der Waals surface area contributed by atoms with Crippen LogP contribution in [-0.4, -0.2) is 43.2 Å². The summed E-state index contributed by atoms with van der Waals surface area (Å²) in [6.07, 6.45) is 2.27. The van der Waals surface area contributed by atoms with Crippen molar-refractivity contribution in [3.63, 3.8) is 0 Å². The fourth-order valence-corrected chi connectivity index (χ4v) is 5.69. The number of urea groups is 1. The number of alkyl halides is 3. The lowest BCUT2D eigenvalue weighted by Gasteiger charge is -2.14. The molecule has 1 saturated carbocycles. The monoisotopic (exact) mass is 586 g/mol. The summed E-state index contributed by atoms with van der Waals surface area (Å²) < 4.78 is 41.8. The molecule has 2 unspecified atom stereocenters. The number of pyridine rings is 3.